The van der Waals surface area contributed by atoms with E-state index in [1.54, 1.807) is 6.92 Å². The molecule has 0 saturated heterocycles. The van der Waals surface area contributed by atoms with Crippen LogP contribution < -0.4 is 10.4 Å². The highest BCUT2D eigenvalue weighted by Gasteiger charge is 2.36. The minimum Gasteiger partial charge on any atom is -0.464 e. The molecule has 6 heteroatoms. The minimum atomic E-state index is -2.21. The average Bonchev–Trinajstić information content (AvgIpc) is 2.73. The number of aliphatic hydroxyl groups is 1. The Hall–Kier alpha value is -1.47. The van der Waals surface area contributed by atoms with E-state index in [1.807, 2.05) is 60.7 Å². The van der Waals surface area contributed by atoms with Crippen molar-refractivity contribution >= 4 is 41.3 Å². The normalized spacial score (nSPS) is 14.9. The zero-order valence-electron chi connectivity index (χ0n) is 18.3. The van der Waals surface area contributed by atoms with Gasteiger partial charge in [-0.2, -0.15) is 0 Å². The smallest absolute Gasteiger partial charge is 0.336 e. The number of benzene rings is 2. The van der Waals surface area contributed by atoms with Crippen LogP contribution >= 0.6 is 15.9 Å². The Morgan fingerprint density at radius 3 is 1.93 bits per heavy atom. The van der Waals surface area contributed by atoms with Crippen LogP contribution in [-0.4, -0.2) is 44.3 Å². The third-order valence-electron chi connectivity index (χ3n) is 5.29. The molecule has 0 amide bonds. The topological polar surface area (TPSA) is 55.8 Å². The number of hydrogen-bond acceptors (Lipinski definition) is 4. The van der Waals surface area contributed by atoms with Crippen molar-refractivity contribution in [2.75, 3.05) is 11.9 Å². The molecule has 0 saturated carbocycles. The minimum absolute atomic E-state index is 0.0145. The van der Waals surface area contributed by atoms with Crippen LogP contribution in [0.1, 0.15) is 34.1 Å². The number of ether oxygens (including phenoxy) is 1. The lowest BCUT2D eigenvalue weighted by atomic mass is 9.78. The van der Waals surface area contributed by atoms with E-state index in [1.165, 1.54) is 0 Å². The van der Waals surface area contributed by atoms with Gasteiger partial charge in [-0.1, -0.05) is 97.4 Å². The fourth-order valence-electron chi connectivity index (χ4n) is 3.34. The molecule has 0 aliphatic heterocycles. The highest BCUT2D eigenvalue weighted by molar-refractivity contribution is 9.09. The maximum Gasteiger partial charge on any atom is 0.336 e. The lowest BCUT2D eigenvalue weighted by Crippen LogP contribution is -2.52. The maximum atomic E-state index is 12.8. The number of hydrogen-bond donors (Lipinski definition) is 1. The molecule has 0 heterocycles. The molecule has 2 rings (SSSR count). The van der Waals surface area contributed by atoms with E-state index in [0.717, 1.165) is 15.7 Å². The van der Waals surface area contributed by atoms with Crippen molar-refractivity contribution in [2.45, 2.75) is 46.3 Å². The standard InChI is InChI=1S/C24H33BrO4Si/c1-5-28-23(27)22(21(26)16-18(17-25)24(2,3)4)29-30(19-12-8-6-9-13-19)20-14-10-7-11-15-20/h6-15,18,21-22,26,30H,5,16-17H2,1-4H3/t18-,21-,22?/m1/s1. The predicted octanol–water partition coefficient (Wildman–Crippen LogP) is 3.28. The lowest BCUT2D eigenvalue weighted by Gasteiger charge is -2.34. The van der Waals surface area contributed by atoms with Gasteiger partial charge in [-0.3, -0.25) is 0 Å². The van der Waals surface area contributed by atoms with Crippen LogP contribution in [0.2, 0.25) is 0 Å². The summed E-state index contributed by atoms with van der Waals surface area (Å²) in [5, 5.41) is 13.9. The van der Waals surface area contributed by atoms with Crippen molar-refractivity contribution in [3.8, 4) is 0 Å². The van der Waals surface area contributed by atoms with E-state index >= 15 is 0 Å². The van der Waals surface area contributed by atoms with E-state index in [4.69, 9.17) is 9.16 Å². The molecule has 0 radical (unpaired) electrons. The van der Waals surface area contributed by atoms with E-state index < -0.39 is 27.2 Å². The Balaban J connectivity index is 2.35. The molecule has 0 aliphatic carbocycles. The molecule has 3 atom stereocenters. The number of carbonyl (C=O) groups is 1. The molecule has 30 heavy (non-hydrogen) atoms. The van der Waals surface area contributed by atoms with Gasteiger partial charge in [0.05, 0.1) is 12.7 Å². The van der Waals surface area contributed by atoms with Crippen LogP contribution in [0, 0.1) is 11.3 Å². The molecule has 2 aromatic carbocycles. The molecular formula is C24H33BrO4Si. The first-order chi connectivity index (χ1) is 14.3. The van der Waals surface area contributed by atoms with E-state index in [2.05, 4.69) is 36.7 Å². The number of halogens is 1. The summed E-state index contributed by atoms with van der Waals surface area (Å²) in [6, 6.07) is 19.9. The molecule has 1 N–H and O–H groups in total. The monoisotopic (exact) mass is 492 g/mol. The summed E-state index contributed by atoms with van der Waals surface area (Å²) in [5.41, 5.74) is -0.0145. The van der Waals surface area contributed by atoms with Crippen molar-refractivity contribution < 1.29 is 19.1 Å². The van der Waals surface area contributed by atoms with Crippen molar-refractivity contribution in [3.05, 3.63) is 60.7 Å². The highest BCUT2D eigenvalue weighted by Crippen LogP contribution is 2.32. The number of rotatable bonds is 10. The summed E-state index contributed by atoms with van der Waals surface area (Å²) in [4.78, 5) is 12.8. The first-order valence-electron chi connectivity index (χ1n) is 10.4. The fraction of sp³-hybridized carbons (Fsp3) is 0.458. The third-order valence-corrected chi connectivity index (χ3v) is 8.62. The molecule has 2 aromatic rings. The third kappa shape index (κ3) is 7.05. The summed E-state index contributed by atoms with van der Waals surface area (Å²) in [6.45, 7) is 8.42. The van der Waals surface area contributed by atoms with Gasteiger partial charge in [0.25, 0.3) is 0 Å². The number of alkyl halides is 1. The SMILES string of the molecule is CCOC(=O)C(O[SiH](c1ccccc1)c1ccccc1)[C@H](O)C[C@H](CBr)C(C)(C)C. The first-order valence-corrected chi connectivity index (χ1v) is 13.2. The second-order valence-corrected chi connectivity index (χ2v) is 11.5. The molecule has 0 aliphatic rings. The molecule has 0 spiro atoms. The van der Waals surface area contributed by atoms with E-state index in [-0.39, 0.29) is 17.9 Å². The lowest BCUT2D eigenvalue weighted by molar-refractivity contribution is -0.157. The zero-order valence-corrected chi connectivity index (χ0v) is 21.0. The summed E-state index contributed by atoms with van der Waals surface area (Å²) < 4.78 is 11.7. The van der Waals surface area contributed by atoms with E-state index in [9.17, 15) is 9.90 Å². The van der Waals surface area contributed by atoms with Crippen LogP contribution in [0.4, 0.5) is 0 Å². The highest BCUT2D eigenvalue weighted by atomic mass is 79.9. The van der Waals surface area contributed by atoms with Gasteiger partial charge in [-0.05, 0) is 35.1 Å². The van der Waals surface area contributed by atoms with Crippen molar-refractivity contribution in [1.29, 1.82) is 0 Å². The van der Waals surface area contributed by atoms with Gasteiger partial charge in [-0.25, -0.2) is 4.79 Å². The molecule has 0 bridgehead atoms. The van der Waals surface area contributed by atoms with Crippen LogP contribution in [0.25, 0.3) is 0 Å². The van der Waals surface area contributed by atoms with Gasteiger partial charge < -0.3 is 14.3 Å². The molecule has 1 unspecified atom stereocenters. The molecule has 164 valence electrons. The van der Waals surface area contributed by atoms with Crippen molar-refractivity contribution in [2.24, 2.45) is 11.3 Å². The van der Waals surface area contributed by atoms with Gasteiger partial charge in [0.1, 0.15) is 0 Å². The van der Waals surface area contributed by atoms with Gasteiger partial charge in [0.2, 0.25) is 9.04 Å². The van der Waals surface area contributed by atoms with Gasteiger partial charge >= 0.3 is 5.97 Å². The van der Waals surface area contributed by atoms with E-state index in [0.29, 0.717) is 6.42 Å². The maximum absolute atomic E-state index is 12.8. The first kappa shape index (κ1) is 24.8. The number of esters is 1. The summed E-state index contributed by atoms with van der Waals surface area (Å²) in [6.07, 6.45) is -1.53. The largest absolute Gasteiger partial charge is 0.464 e. The van der Waals surface area contributed by atoms with Gasteiger partial charge in [-0.15, -0.1) is 0 Å². The fourth-order valence-corrected chi connectivity index (χ4v) is 7.01. The summed E-state index contributed by atoms with van der Waals surface area (Å²) >= 11 is 3.56. The number of aliphatic hydroxyl groups excluding tert-OH is 1. The van der Waals surface area contributed by atoms with Gasteiger partial charge in [0, 0.05) is 5.33 Å². The average molecular weight is 494 g/mol. The molecule has 0 fully saturated rings. The van der Waals surface area contributed by atoms with Crippen molar-refractivity contribution in [1.82, 2.24) is 0 Å². The van der Waals surface area contributed by atoms with Crippen molar-refractivity contribution in [3.63, 3.8) is 0 Å². The Morgan fingerprint density at radius 1 is 1.03 bits per heavy atom. The molecule has 4 nitrogen and oxygen atoms in total. The Morgan fingerprint density at radius 2 is 1.53 bits per heavy atom. The van der Waals surface area contributed by atoms with Crippen LogP contribution in [0.3, 0.4) is 0 Å². The molecular weight excluding hydrogens is 460 g/mol. The number of carbonyl (C=O) groups excluding carboxylic acids is 1. The Labute approximate surface area is 190 Å². The second-order valence-electron chi connectivity index (χ2n) is 8.53. The quantitative estimate of drug-likeness (QED) is 0.314. The Bertz CT molecular complexity index is 724. The molecule has 0 aromatic heterocycles. The summed E-state index contributed by atoms with van der Waals surface area (Å²) in [7, 11) is -2.21. The van der Waals surface area contributed by atoms with Crippen LogP contribution in [0.15, 0.2) is 60.7 Å². The van der Waals surface area contributed by atoms with Crippen LogP contribution in [0.5, 0.6) is 0 Å². The van der Waals surface area contributed by atoms with Gasteiger partial charge in [0.15, 0.2) is 6.10 Å². The zero-order chi connectivity index (χ0) is 22.1. The van der Waals surface area contributed by atoms with Crippen LogP contribution in [-0.2, 0) is 14.0 Å². The predicted molar refractivity (Wildman–Crippen MR) is 128 cm³/mol. The Kier molecular flexibility index (Phi) is 9.75. The summed E-state index contributed by atoms with van der Waals surface area (Å²) in [5.74, 6) is -0.321. The second kappa shape index (κ2) is 11.8.